The highest BCUT2D eigenvalue weighted by molar-refractivity contribution is 7.11. The summed E-state index contributed by atoms with van der Waals surface area (Å²) < 4.78 is 7.27. The van der Waals surface area contributed by atoms with Crippen molar-refractivity contribution < 1.29 is 9.53 Å². The van der Waals surface area contributed by atoms with Crippen molar-refractivity contribution in [3.05, 3.63) is 59.9 Å². The van der Waals surface area contributed by atoms with E-state index >= 15 is 0 Å². The summed E-state index contributed by atoms with van der Waals surface area (Å²) in [7, 11) is 0. The Labute approximate surface area is 170 Å². The van der Waals surface area contributed by atoms with Crippen LogP contribution in [0.15, 0.2) is 54.3 Å². The van der Waals surface area contributed by atoms with Crippen molar-refractivity contribution in [2.24, 2.45) is 0 Å². The molecule has 1 aliphatic heterocycles. The molecule has 0 radical (unpaired) electrons. The van der Waals surface area contributed by atoms with Gasteiger partial charge in [-0.1, -0.05) is 11.3 Å². The number of thiazole rings is 1. The molecule has 1 aliphatic rings. The van der Waals surface area contributed by atoms with Crippen LogP contribution in [0.5, 0.6) is 10.9 Å². The van der Waals surface area contributed by atoms with E-state index in [2.05, 4.69) is 30.5 Å². The molecule has 29 heavy (non-hydrogen) atoms. The monoisotopic (exact) mass is 407 g/mol. The molecule has 4 heterocycles. The van der Waals surface area contributed by atoms with Crippen molar-refractivity contribution in [1.82, 2.24) is 30.1 Å². The Morgan fingerprint density at radius 2 is 2.10 bits per heavy atom. The summed E-state index contributed by atoms with van der Waals surface area (Å²) in [5.74, 6) is 1.40. The highest BCUT2D eigenvalue weighted by Gasteiger charge is 2.25. The molecule has 5 rings (SSSR count). The molecule has 1 saturated heterocycles. The maximum absolute atomic E-state index is 12.6. The summed E-state index contributed by atoms with van der Waals surface area (Å²) in [4.78, 5) is 18.8. The normalized spacial score (nSPS) is 16.3. The number of amides is 1. The fraction of sp³-hybridized carbons (Fsp3) is 0.211. The summed E-state index contributed by atoms with van der Waals surface area (Å²) in [5.41, 5.74) is 1.30. The van der Waals surface area contributed by atoms with Crippen LogP contribution in [-0.4, -0.2) is 49.8 Å². The van der Waals surface area contributed by atoms with Gasteiger partial charge in [0.25, 0.3) is 11.1 Å². The van der Waals surface area contributed by atoms with E-state index in [1.54, 1.807) is 41.3 Å². The predicted molar refractivity (Wildman–Crippen MR) is 107 cm³/mol. The van der Waals surface area contributed by atoms with Gasteiger partial charge in [0.2, 0.25) is 0 Å². The van der Waals surface area contributed by atoms with E-state index in [0.29, 0.717) is 28.7 Å². The molecule has 1 amide bonds. The molecule has 1 N–H and O–H groups in total. The van der Waals surface area contributed by atoms with Crippen LogP contribution in [0.3, 0.4) is 0 Å². The average molecular weight is 407 g/mol. The van der Waals surface area contributed by atoms with E-state index in [1.165, 1.54) is 11.3 Å². The van der Waals surface area contributed by atoms with Gasteiger partial charge in [-0.05, 0) is 42.8 Å². The van der Waals surface area contributed by atoms with Gasteiger partial charge in [0.15, 0.2) is 5.65 Å². The first-order valence-electron chi connectivity index (χ1n) is 9.15. The molecule has 0 unspecified atom stereocenters. The number of carbonyl (C=O) groups is 1. The van der Waals surface area contributed by atoms with Gasteiger partial charge >= 0.3 is 0 Å². The third-order valence-electron chi connectivity index (χ3n) is 4.73. The fourth-order valence-electron chi connectivity index (χ4n) is 3.28. The van der Waals surface area contributed by atoms with Gasteiger partial charge in [0.05, 0.1) is 0 Å². The lowest BCUT2D eigenvalue weighted by molar-refractivity contribution is 0.0940. The standard InChI is InChI=1S/C19H17N7O2S/c27-18(13-1-3-15(4-2-13)28-19-20-8-10-29-19)22-14-7-9-25(11-14)17-6-5-16-23-21-12-26(16)24-17/h1-6,8,10,12,14H,7,9,11H2,(H,22,27)/t14-/m1/s1. The molecule has 0 bridgehead atoms. The second-order valence-corrected chi connectivity index (χ2v) is 7.51. The second kappa shape index (κ2) is 7.47. The quantitative estimate of drug-likeness (QED) is 0.542. The van der Waals surface area contributed by atoms with E-state index in [-0.39, 0.29) is 11.9 Å². The Kier molecular flexibility index (Phi) is 4.53. The maximum atomic E-state index is 12.6. The number of rotatable bonds is 5. The molecule has 1 atom stereocenters. The van der Waals surface area contributed by atoms with E-state index in [0.717, 1.165) is 18.8 Å². The van der Waals surface area contributed by atoms with Crippen LogP contribution in [0.4, 0.5) is 5.82 Å². The van der Waals surface area contributed by atoms with Gasteiger partial charge < -0.3 is 15.0 Å². The van der Waals surface area contributed by atoms with Crippen LogP contribution in [-0.2, 0) is 0 Å². The second-order valence-electron chi connectivity index (χ2n) is 6.65. The Morgan fingerprint density at radius 3 is 2.93 bits per heavy atom. The average Bonchev–Trinajstić information content (AvgIpc) is 3.50. The Hall–Kier alpha value is -3.53. The minimum atomic E-state index is -0.0973. The first-order valence-corrected chi connectivity index (χ1v) is 10.0. The maximum Gasteiger partial charge on any atom is 0.278 e. The molecule has 9 nitrogen and oxygen atoms in total. The van der Waals surface area contributed by atoms with Crippen molar-refractivity contribution in [2.75, 3.05) is 18.0 Å². The van der Waals surface area contributed by atoms with Gasteiger partial charge in [-0.15, -0.1) is 15.3 Å². The van der Waals surface area contributed by atoms with Gasteiger partial charge in [-0.3, -0.25) is 4.79 Å². The van der Waals surface area contributed by atoms with Crippen LogP contribution >= 0.6 is 11.3 Å². The molecule has 0 spiro atoms. The first-order chi connectivity index (χ1) is 14.2. The number of hydrogen-bond acceptors (Lipinski definition) is 8. The zero-order chi connectivity index (χ0) is 19.6. The largest absolute Gasteiger partial charge is 0.431 e. The zero-order valence-corrected chi connectivity index (χ0v) is 16.1. The van der Waals surface area contributed by atoms with Crippen molar-refractivity contribution in [2.45, 2.75) is 12.5 Å². The van der Waals surface area contributed by atoms with E-state index < -0.39 is 0 Å². The Bertz CT molecular complexity index is 1130. The summed E-state index contributed by atoms with van der Waals surface area (Å²) in [5, 5.41) is 17.9. The molecule has 1 fully saturated rings. The molecule has 146 valence electrons. The van der Waals surface area contributed by atoms with Crippen molar-refractivity contribution >= 4 is 28.7 Å². The van der Waals surface area contributed by atoms with Gasteiger partial charge in [0, 0.05) is 36.3 Å². The smallest absolute Gasteiger partial charge is 0.278 e. The molecule has 1 aromatic carbocycles. The highest BCUT2D eigenvalue weighted by Crippen LogP contribution is 2.23. The highest BCUT2D eigenvalue weighted by atomic mass is 32.1. The lowest BCUT2D eigenvalue weighted by atomic mass is 10.2. The van der Waals surface area contributed by atoms with Gasteiger partial charge in [-0.2, -0.15) is 4.52 Å². The molecule has 0 saturated carbocycles. The molecule has 10 heteroatoms. The van der Waals surface area contributed by atoms with Crippen LogP contribution < -0.4 is 15.0 Å². The number of fused-ring (bicyclic) bond motifs is 1. The van der Waals surface area contributed by atoms with Gasteiger partial charge in [-0.25, -0.2) is 4.98 Å². The number of ether oxygens (including phenoxy) is 1. The van der Waals surface area contributed by atoms with Crippen molar-refractivity contribution in [1.29, 1.82) is 0 Å². The molecule has 0 aliphatic carbocycles. The number of nitrogens with one attached hydrogen (secondary N) is 1. The van der Waals surface area contributed by atoms with E-state index in [9.17, 15) is 4.79 Å². The van der Waals surface area contributed by atoms with Crippen LogP contribution in [0.2, 0.25) is 0 Å². The molecule has 3 aromatic heterocycles. The summed E-state index contributed by atoms with van der Waals surface area (Å²) in [6.45, 7) is 1.53. The third-order valence-corrected chi connectivity index (χ3v) is 5.37. The first kappa shape index (κ1) is 17.6. The number of benzene rings is 1. The number of aromatic nitrogens is 5. The lowest BCUT2D eigenvalue weighted by Crippen LogP contribution is -2.37. The van der Waals surface area contributed by atoms with Crippen LogP contribution in [0, 0.1) is 0 Å². The van der Waals surface area contributed by atoms with E-state index in [1.807, 2.05) is 17.5 Å². The minimum Gasteiger partial charge on any atom is -0.431 e. The summed E-state index contributed by atoms with van der Waals surface area (Å²) in [6.07, 6.45) is 4.13. The number of nitrogens with zero attached hydrogens (tertiary/aromatic N) is 6. The third kappa shape index (κ3) is 3.74. The van der Waals surface area contributed by atoms with E-state index in [4.69, 9.17) is 4.74 Å². The lowest BCUT2D eigenvalue weighted by Gasteiger charge is -2.17. The SMILES string of the molecule is O=C(N[C@@H]1CCN(c2ccc3nncn3n2)C1)c1ccc(Oc2nccs2)cc1. The van der Waals surface area contributed by atoms with Crippen LogP contribution in [0.1, 0.15) is 16.8 Å². The van der Waals surface area contributed by atoms with Crippen molar-refractivity contribution in [3.8, 4) is 10.9 Å². The summed E-state index contributed by atoms with van der Waals surface area (Å²) in [6, 6.07) is 10.9. The fourth-order valence-corrected chi connectivity index (χ4v) is 3.78. The topological polar surface area (TPSA) is 97.5 Å². The van der Waals surface area contributed by atoms with Crippen molar-refractivity contribution in [3.63, 3.8) is 0 Å². The molecular weight excluding hydrogens is 390 g/mol. The van der Waals surface area contributed by atoms with Gasteiger partial charge in [0.1, 0.15) is 17.9 Å². The Morgan fingerprint density at radius 1 is 1.21 bits per heavy atom. The molecular formula is C19H17N7O2S. The number of hydrogen-bond donors (Lipinski definition) is 1. The molecule has 4 aromatic rings. The van der Waals surface area contributed by atoms with Crippen LogP contribution in [0.25, 0.3) is 5.65 Å². The predicted octanol–water partition coefficient (Wildman–Crippen LogP) is 2.38. The minimum absolute atomic E-state index is 0.0622. The number of anilines is 1. The Balaban J connectivity index is 1.20. The number of carbonyl (C=O) groups excluding carboxylic acids is 1. The zero-order valence-electron chi connectivity index (χ0n) is 15.3. The summed E-state index contributed by atoms with van der Waals surface area (Å²) >= 11 is 1.42.